The fourth-order valence-corrected chi connectivity index (χ4v) is 7.87. The molecule has 1 N–H and O–H groups in total. The number of carbonyl (C=O) groups excluding carboxylic acids is 1. The lowest BCUT2D eigenvalue weighted by atomic mass is 9.95. The molecule has 49 heavy (non-hydrogen) atoms. The minimum atomic E-state index is -1.01. The van der Waals surface area contributed by atoms with Gasteiger partial charge >= 0.3 is 18.2 Å². The first-order chi connectivity index (χ1) is 23.5. The third-order valence-corrected chi connectivity index (χ3v) is 10.5. The van der Waals surface area contributed by atoms with Crippen LogP contribution >= 0.6 is 0 Å². The predicted molar refractivity (Wildman–Crippen MR) is 185 cm³/mol. The summed E-state index contributed by atoms with van der Waals surface area (Å²) >= 11 is 0. The zero-order chi connectivity index (χ0) is 34.3. The van der Waals surface area contributed by atoms with Crippen LogP contribution in [-0.4, -0.2) is 94.1 Å². The first kappa shape index (κ1) is 32.7. The number of nitriles is 1. The van der Waals surface area contributed by atoms with Gasteiger partial charge in [-0.05, 0) is 64.3 Å². The number of carbonyl (C=O) groups is 2. The number of anilines is 2. The van der Waals surface area contributed by atoms with E-state index in [1.807, 2.05) is 25.7 Å². The predicted octanol–water partition coefficient (Wildman–Crippen LogP) is 5.83. The van der Waals surface area contributed by atoms with E-state index in [0.717, 1.165) is 55.0 Å². The van der Waals surface area contributed by atoms with Gasteiger partial charge in [0.2, 0.25) is 0 Å². The minimum Gasteiger partial charge on any atom is -0.465 e. The van der Waals surface area contributed by atoms with Gasteiger partial charge in [0.25, 0.3) is 0 Å². The lowest BCUT2D eigenvalue weighted by molar-refractivity contribution is 0.0123. The number of benzene rings is 2. The van der Waals surface area contributed by atoms with Crippen molar-refractivity contribution in [1.82, 2.24) is 19.8 Å². The van der Waals surface area contributed by atoms with Gasteiger partial charge in [0.1, 0.15) is 11.4 Å². The molecule has 12 heteroatoms. The normalized spacial score (nSPS) is 21.7. The molecule has 2 atom stereocenters. The van der Waals surface area contributed by atoms with Crippen LogP contribution in [-0.2, 0) is 17.7 Å². The Morgan fingerprint density at radius 2 is 1.82 bits per heavy atom. The zero-order valence-electron chi connectivity index (χ0n) is 28.6. The number of amides is 2. The number of nitrogens with zero attached hydrogens (tertiary/aromatic N) is 7. The largest absolute Gasteiger partial charge is 0.465 e. The summed E-state index contributed by atoms with van der Waals surface area (Å²) in [6.45, 7) is 9.21. The Hall–Kier alpha value is -4.79. The van der Waals surface area contributed by atoms with Crippen molar-refractivity contribution in [3.05, 3.63) is 53.7 Å². The average molecular weight is 668 g/mol. The molecule has 2 aromatic carbocycles. The summed E-state index contributed by atoms with van der Waals surface area (Å²) in [6.07, 6.45) is 3.29. The van der Waals surface area contributed by atoms with Crippen LogP contribution in [0.25, 0.3) is 10.8 Å². The number of carboxylic acid groups (broad SMARTS) is 1. The second-order valence-corrected chi connectivity index (χ2v) is 14.8. The molecule has 2 saturated heterocycles. The number of hydrogen-bond acceptors (Lipinski definition) is 9. The topological polar surface area (TPSA) is 135 Å². The van der Waals surface area contributed by atoms with E-state index >= 15 is 0 Å². The lowest BCUT2D eigenvalue weighted by Crippen LogP contribution is -2.55. The van der Waals surface area contributed by atoms with Crippen molar-refractivity contribution in [2.24, 2.45) is 5.41 Å². The van der Waals surface area contributed by atoms with Crippen molar-refractivity contribution in [3.8, 4) is 12.1 Å². The number of hydrogen-bond donors (Lipinski definition) is 1. The van der Waals surface area contributed by atoms with Crippen LogP contribution in [0.3, 0.4) is 0 Å². The Morgan fingerprint density at radius 1 is 1.02 bits per heavy atom. The number of ether oxygens (including phenoxy) is 2. The Balaban J connectivity index is 1.18. The van der Waals surface area contributed by atoms with E-state index < -0.39 is 17.7 Å². The van der Waals surface area contributed by atoms with Gasteiger partial charge in [-0.25, -0.2) is 9.59 Å². The Labute approximate surface area is 287 Å². The van der Waals surface area contributed by atoms with E-state index in [0.29, 0.717) is 45.2 Å². The van der Waals surface area contributed by atoms with Crippen LogP contribution in [0.5, 0.6) is 6.01 Å². The highest BCUT2D eigenvalue weighted by Gasteiger charge is 2.55. The number of piperazine rings is 1. The highest BCUT2D eigenvalue weighted by atomic mass is 16.6. The molecular weight excluding hydrogens is 622 g/mol. The van der Waals surface area contributed by atoms with Crippen LogP contribution in [0, 0.1) is 16.7 Å². The third kappa shape index (κ3) is 6.63. The van der Waals surface area contributed by atoms with Gasteiger partial charge in [0.05, 0.1) is 37.4 Å². The zero-order valence-corrected chi connectivity index (χ0v) is 28.6. The van der Waals surface area contributed by atoms with Crippen LogP contribution in [0.15, 0.2) is 42.5 Å². The quantitative estimate of drug-likeness (QED) is 0.328. The van der Waals surface area contributed by atoms with Gasteiger partial charge in [-0.15, -0.1) is 0 Å². The standard InChI is InChI=1S/C37H45N7O5/c1-36(2,3)49-35(47)44-18-7-12-31(44)37(15-16-37)24-48-33-39-29-23-41(30-11-6-9-25-8-4-5-10-27(25)30)19-14-28(29)32(40-33)42-20-21-43(34(45)46)26(22-42)13-17-38/h4-6,8-11,26,31H,7,12-16,18-24H2,1-3H3,(H,45,46)/t26-,31+/m0/s1. The second-order valence-electron chi connectivity index (χ2n) is 14.8. The molecule has 7 rings (SSSR count). The Kier molecular flexibility index (Phi) is 8.63. The maximum absolute atomic E-state index is 13.1. The van der Waals surface area contributed by atoms with Crippen molar-refractivity contribution < 1.29 is 24.2 Å². The first-order valence-corrected chi connectivity index (χ1v) is 17.4. The maximum Gasteiger partial charge on any atom is 0.410 e. The van der Waals surface area contributed by atoms with Gasteiger partial charge < -0.3 is 34.2 Å². The van der Waals surface area contributed by atoms with E-state index in [4.69, 9.17) is 19.4 Å². The average Bonchev–Trinajstić information content (AvgIpc) is 3.70. The van der Waals surface area contributed by atoms with Crippen molar-refractivity contribution in [2.45, 2.75) is 83.5 Å². The molecule has 3 aromatic rings. The molecule has 2 amide bonds. The van der Waals surface area contributed by atoms with Crippen LogP contribution in [0.1, 0.15) is 64.1 Å². The minimum absolute atomic E-state index is 0.0390. The molecule has 3 aliphatic heterocycles. The number of fused-ring (bicyclic) bond motifs is 2. The summed E-state index contributed by atoms with van der Waals surface area (Å²) in [6, 6.07) is 16.8. The Bertz CT molecular complexity index is 1780. The van der Waals surface area contributed by atoms with Gasteiger partial charge in [-0.1, -0.05) is 36.4 Å². The molecule has 12 nitrogen and oxygen atoms in total. The van der Waals surface area contributed by atoms with E-state index in [9.17, 15) is 20.0 Å². The fraction of sp³-hybridized carbons (Fsp3) is 0.541. The van der Waals surface area contributed by atoms with E-state index in [-0.39, 0.29) is 30.5 Å². The summed E-state index contributed by atoms with van der Waals surface area (Å²) in [5.74, 6) is 0.756. The maximum atomic E-state index is 13.1. The summed E-state index contributed by atoms with van der Waals surface area (Å²) in [5, 5.41) is 21.7. The molecule has 0 unspecified atom stereocenters. The second kappa shape index (κ2) is 12.9. The van der Waals surface area contributed by atoms with Gasteiger partial charge in [-0.3, -0.25) is 0 Å². The molecule has 1 aliphatic carbocycles. The molecule has 1 aromatic heterocycles. The fourth-order valence-electron chi connectivity index (χ4n) is 7.87. The molecular formula is C37H45N7O5. The van der Waals surface area contributed by atoms with E-state index in [1.54, 1.807) is 0 Å². The van der Waals surface area contributed by atoms with Crippen molar-refractivity contribution in [3.63, 3.8) is 0 Å². The highest BCUT2D eigenvalue weighted by Crippen LogP contribution is 2.53. The van der Waals surface area contributed by atoms with Gasteiger partial charge in [-0.2, -0.15) is 15.2 Å². The molecule has 0 spiro atoms. The molecule has 4 heterocycles. The lowest BCUT2D eigenvalue weighted by Gasteiger charge is -2.41. The molecule has 258 valence electrons. The summed E-state index contributed by atoms with van der Waals surface area (Å²) < 4.78 is 12.3. The summed E-state index contributed by atoms with van der Waals surface area (Å²) in [7, 11) is 0. The molecule has 3 fully saturated rings. The van der Waals surface area contributed by atoms with Crippen molar-refractivity contribution in [1.29, 1.82) is 5.26 Å². The SMILES string of the molecule is CC(C)(C)OC(=O)N1CCC[C@@H]1C1(COc2nc3c(c(N4CCN(C(=O)O)[C@@H](CC#N)C4)n2)CCN(c2cccc4ccccc24)C3)CC1. The molecule has 4 aliphatic rings. The highest BCUT2D eigenvalue weighted by molar-refractivity contribution is 5.94. The molecule has 0 bridgehead atoms. The first-order valence-electron chi connectivity index (χ1n) is 17.4. The van der Waals surface area contributed by atoms with Gasteiger partial charge in [0.15, 0.2) is 0 Å². The summed E-state index contributed by atoms with van der Waals surface area (Å²) in [4.78, 5) is 42.8. The number of rotatable bonds is 7. The van der Waals surface area contributed by atoms with Crippen molar-refractivity contribution >= 4 is 34.5 Å². The monoisotopic (exact) mass is 667 g/mol. The van der Waals surface area contributed by atoms with Crippen LogP contribution in [0.4, 0.5) is 21.1 Å². The van der Waals surface area contributed by atoms with E-state index in [1.165, 1.54) is 15.7 Å². The van der Waals surface area contributed by atoms with Crippen LogP contribution < -0.4 is 14.5 Å². The van der Waals surface area contributed by atoms with Crippen molar-refractivity contribution in [2.75, 3.05) is 49.1 Å². The van der Waals surface area contributed by atoms with E-state index in [2.05, 4.69) is 58.3 Å². The number of aromatic nitrogens is 2. The van der Waals surface area contributed by atoms with Crippen LogP contribution in [0.2, 0.25) is 0 Å². The van der Waals surface area contributed by atoms with Gasteiger partial charge in [0, 0.05) is 60.8 Å². The smallest absolute Gasteiger partial charge is 0.410 e. The molecule has 0 radical (unpaired) electrons. The Morgan fingerprint density at radius 3 is 2.57 bits per heavy atom. The molecule has 1 saturated carbocycles. The summed E-state index contributed by atoms with van der Waals surface area (Å²) in [5.41, 5.74) is 2.34. The number of likely N-dealkylation sites (tertiary alicyclic amines) is 1. The third-order valence-electron chi connectivity index (χ3n) is 10.5.